The highest BCUT2D eigenvalue weighted by molar-refractivity contribution is 6.91. The number of anilines is 2. The molecule has 264 valence electrons. The molecule has 51 heavy (non-hydrogen) atoms. The first-order chi connectivity index (χ1) is 24.8. The molecule has 0 unspecified atom stereocenters. The fourth-order valence-electron chi connectivity index (χ4n) is 8.04. The van der Waals surface area contributed by atoms with Crippen LogP contribution >= 0.6 is 0 Å². The van der Waals surface area contributed by atoms with Crippen molar-refractivity contribution in [1.82, 2.24) is 15.0 Å². The maximum absolute atomic E-state index is 13.9. The summed E-state index contributed by atoms with van der Waals surface area (Å²) in [5.41, 5.74) is 4.45. The summed E-state index contributed by atoms with van der Waals surface area (Å²) >= 11 is 0. The molecule has 10 heteroatoms. The molecule has 2 aliphatic rings. The van der Waals surface area contributed by atoms with E-state index in [0.717, 1.165) is 42.1 Å². The van der Waals surface area contributed by atoms with Gasteiger partial charge in [-0.15, -0.1) is 5.10 Å². The maximum atomic E-state index is 13.9. The Balaban J connectivity index is 1.09. The molecule has 0 bridgehead atoms. The van der Waals surface area contributed by atoms with E-state index in [-0.39, 0.29) is 24.7 Å². The monoisotopic (exact) mass is 702 g/mol. The number of nitrogens with zero attached hydrogens (tertiary/aromatic N) is 4. The standard InChI is InChI=1S/C41H46N4O5Si/c1-28-36(49-39(23-25-44-27-30(24-26-46)42-43-44)40(28)51(3,4)33-20-18-32(48-2)19-21-33)22-15-29-13-16-31(17-14-29)45-35-10-6-8-12-38(35)50-37-11-7-5-9-34(37)41(45)47/h5-14,16-21,27-28,36,39-40,46H,15,22-26H2,1-4H3/t28-,36+,39-,40+/m1/s1. The van der Waals surface area contributed by atoms with E-state index in [2.05, 4.69) is 66.7 Å². The van der Waals surface area contributed by atoms with Crippen molar-refractivity contribution >= 4 is 30.5 Å². The van der Waals surface area contributed by atoms with Gasteiger partial charge in [0, 0.05) is 31.5 Å². The third-order valence-corrected chi connectivity index (χ3v) is 15.1. The lowest BCUT2D eigenvalue weighted by Crippen LogP contribution is -2.50. The lowest BCUT2D eigenvalue weighted by atomic mass is 9.95. The van der Waals surface area contributed by atoms with Gasteiger partial charge in [0.15, 0.2) is 5.75 Å². The van der Waals surface area contributed by atoms with E-state index in [0.29, 0.717) is 41.5 Å². The van der Waals surface area contributed by atoms with Gasteiger partial charge in [-0.3, -0.25) is 14.4 Å². The van der Waals surface area contributed by atoms with Gasteiger partial charge in [-0.05, 0) is 84.8 Å². The van der Waals surface area contributed by atoms with E-state index >= 15 is 0 Å². The topological polar surface area (TPSA) is 98.9 Å². The van der Waals surface area contributed by atoms with Crippen LogP contribution < -0.4 is 19.6 Å². The molecular formula is C41H46N4O5Si. The molecule has 1 amide bonds. The average Bonchev–Trinajstić information content (AvgIpc) is 3.71. The maximum Gasteiger partial charge on any atom is 0.266 e. The first-order valence-corrected chi connectivity index (χ1v) is 20.9. The molecule has 5 aromatic rings. The molecule has 3 heterocycles. The van der Waals surface area contributed by atoms with Gasteiger partial charge in [0.1, 0.15) is 11.5 Å². The second kappa shape index (κ2) is 14.8. The highest BCUT2D eigenvalue weighted by Crippen LogP contribution is 2.47. The highest BCUT2D eigenvalue weighted by atomic mass is 28.3. The number of carbonyl (C=O) groups is 1. The summed E-state index contributed by atoms with van der Waals surface area (Å²) in [6.07, 6.45) is 5.23. The largest absolute Gasteiger partial charge is 0.497 e. The summed E-state index contributed by atoms with van der Waals surface area (Å²) in [4.78, 5) is 15.6. The molecule has 1 saturated heterocycles. The summed E-state index contributed by atoms with van der Waals surface area (Å²) in [7, 11) is -0.297. The van der Waals surface area contributed by atoms with Crippen molar-refractivity contribution in [1.29, 1.82) is 0 Å². The zero-order valence-corrected chi connectivity index (χ0v) is 30.7. The van der Waals surface area contributed by atoms with Gasteiger partial charge in [0.2, 0.25) is 0 Å². The summed E-state index contributed by atoms with van der Waals surface area (Å²) in [6.45, 7) is 8.07. The van der Waals surface area contributed by atoms with Gasteiger partial charge in [-0.2, -0.15) is 0 Å². The van der Waals surface area contributed by atoms with Crippen LogP contribution in [0.5, 0.6) is 17.2 Å². The number of aryl methyl sites for hydroxylation is 2. The zero-order valence-electron chi connectivity index (χ0n) is 29.7. The fraction of sp³-hybridized carbons (Fsp3) is 0.341. The molecule has 4 aromatic carbocycles. The molecule has 0 aliphatic carbocycles. The predicted octanol–water partition coefficient (Wildman–Crippen LogP) is 7.32. The van der Waals surface area contributed by atoms with Gasteiger partial charge in [-0.25, -0.2) is 0 Å². The predicted molar refractivity (Wildman–Crippen MR) is 201 cm³/mol. The van der Waals surface area contributed by atoms with Crippen molar-refractivity contribution in [3.63, 3.8) is 0 Å². The summed E-state index contributed by atoms with van der Waals surface area (Å²) in [5, 5.41) is 19.3. The Morgan fingerprint density at radius 1 is 0.863 bits per heavy atom. The Bertz CT molecular complexity index is 1960. The number of aromatic nitrogens is 3. The first kappa shape index (κ1) is 34.7. The SMILES string of the molecule is COc1ccc([Si](C)(C)[C@H]2[C@H](C)[C@H](CCc3ccc(N4C(=O)c5ccccc5Oc5ccccc54)cc3)O[C@@H]2CCn2cc(CCO)nn2)cc1. The minimum Gasteiger partial charge on any atom is -0.497 e. The van der Waals surface area contributed by atoms with E-state index in [1.54, 1.807) is 12.0 Å². The van der Waals surface area contributed by atoms with E-state index in [9.17, 15) is 9.90 Å². The van der Waals surface area contributed by atoms with Crippen LogP contribution in [0.25, 0.3) is 0 Å². The number of carbonyl (C=O) groups excluding carboxylic acids is 1. The van der Waals surface area contributed by atoms with E-state index < -0.39 is 8.07 Å². The summed E-state index contributed by atoms with van der Waals surface area (Å²) < 4.78 is 20.5. The molecular weight excluding hydrogens is 657 g/mol. The number of rotatable bonds is 12. The molecule has 1 N–H and O–H groups in total. The van der Waals surface area contributed by atoms with Crippen LogP contribution in [-0.2, 0) is 24.1 Å². The molecule has 1 aromatic heterocycles. The Morgan fingerprint density at radius 2 is 1.59 bits per heavy atom. The second-order valence-electron chi connectivity index (χ2n) is 14.2. The number of hydrogen-bond donors (Lipinski definition) is 1. The van der Waals surface area contributed by atoms with E-state index in [4.69, 9.17) is 14.2 Å². The fourth-order valence-corrected chi connectivity index (χ4v) is 12.2. The van der Waals surface area contributed by atoms with Crippen molar-refractivity contribution in [3.8, 4) is 17.2 Å². The molecule has 4 atom stereocenters. The smallest absolute Gasteiger partial charge is 0.266 e. The van der Waals surface area contributed by atoms with Crippen LogP contribution in [0, 0.1) is 5.92 Å². The van der Waals surface area contributed by atoms with Crippen LogP contribution in [0.15, 0.2) is 103 Å². The van der Waals surface area contributed by atoms with Crippen molar-refractivity contribution in [3.05, 3.63) is 120 Å². The lowest BCUT2D eigenvalue weighted by molar-refractivity contribution is 0.0250. The van der Waals surface area contributed by atoms with Gasteiger partial charge in [-0.1, -0.05) is 78.9 Å². The first-order valence-electron chi connectivity index (χ1n) is 17.9. The Hall–Kier alpha value is -4.77. The molecule has 0 saturated carbocycles. The highest BCUT2D eigenvalue weighted by Gasteiger charge is 2.50. The second-order valence-corrected chi connectivity index (χ2v) is 18.9. The van der Waals surface area contributed by atoms with Crippen LogP contribution in [0.2, 0.25) is 18.6 Å². The van der Waals surface area contributed by atoms with Crippen molar-refractivity contribution in [2.24, 2.45) is 5.92 Å². The van der Waals surface area contributed by atoms with Gasteiger partial charge in [0.25, 0.3) is 5.91 Å². The van der Waals surface area contributed by atoms with Gasteiger partial charge < -0.3 is 19.3 Å². The number of benzene rings is 4. The molecule has 0 spiro atoms. The molecule has 0 radical (unpaired) electrons. The minimum atomic E-state index is -2.00. The summed E-state index contributed by atoms with van der Waals surface area (Å²) in [6, 6.07) is 32.0. The van der Waals surface area contributed by atoms with Crippen molar-refractivity contribution in [2.45, 2.75) is 70.0 Å². The minimum absolute atomic E-state index is 0.0594. The van der Waals surface area contributed by atoms with E-state index in [1.165, 1.54) is 10.8 Å². The van der Waals surface area contributed by atoms with Crippen LogP contribution in [0.3, 0.4) is 0 Å². The van der Waals surface area contributed by atoms with Crippen molar-refractivity contribution < 1.29 is 24.1 Å². The third-order valence-electron chi connectivity index (χ3n) is 10.7. The number of fused-ring (bicyclic) bond motifs is 2. The zero-order chi connectivity index (χ0) is 35.5. The average molecular weight is 703 g/mol. The third kappa shape index (κ3) is 7.08. The number of methoxy groups -OCH3 is 1. The Labute approximate surface area is 300 Å². The van der Waals surface area contributed by atoms with Gasteiger partial charge in [0.05, 0.1) is 44.3 Å². The summed E-state index contributed by atoms with van der Waals surface area (Å²) in [5.74, 6) is 2.32. The quantitative estimate of drug-likeness (QED) is 0.136. The number of ether oxygens (including phenoxy) is 3. The molecule has 7 rings (SSSR count). The number of amides is 1. The van der Waals surface area contributed by atoms with Gasteiger partial charge >= 0.3 is 0 Å². The molecule has 1 fully saturated rings. The number of aliphatic hydroxyl groups is 1. The van der Waals surface area contributed by atoms with E-state index in [1.807, 2.05) is 71.5 Å². The Kier molecular flexibility index (Phi) is 10.1. The molecule has 2 aliphatic heterocycles. The Morgan fingerprint density at radius 3 is 2.33 bits per heavy atom. The number of hydrogen-bond acceptors (Lipinski definition) is 7. The van der Waals surface area contributed by atoms with Crippen molar-refractivity contribution in [2.75, 3.05) is 18.6 Å². The van der Waals surface area contributed by atoms with Crippen LogP contribution in [0.1, 0.15) is 41.4 Å². The lowest BCUT2D eigenvalue weighted by Gasteiger charge is -2.36. The van der Waals surface area contributed by atoms with Crippen LogP contribution in [-0.4, -0.2) is 60.0 Å². The molecule has 9 nitrogen and oxygen atoms in total. The normalized spacial score (nSPS) is 20.0. The van der Waals surface area contributed by atoms with Crippen LogP contribution in [0.4, 0.5) is 11.4 Å². The number of aliphatic hydroxyl groups excluding tert-OH is 1. The number of para-hydroxylation sites is 3.